The van der Waals surface area contributed by atoms with Crippen molar-refractivity contribution in [1.29, 1.82) is 0 Å². The molecule has 0 aromatic carbocycles. The third-order valence-corrected chi connectivity index (χ3v) is 1.78. The molecule has 1 heterocycles. The summed E-state index contributed by atoms with van der Waals surface area (Å²) in [5.41, 5.74) is -0.171. The summed E-state index contributed by atoms with van der Waals surface area (Å²) in [4.78, 5) is 22.0. The lowest BCUT2D eigenvalue weighted by molar-refractivity contribution is 0.0693. The van der Waals surface area contributed by atoms with Crippen LogP contribution in [0.15, 0.2) is 4.79 Å². The first-order valence-electron chi connectivity index (χ1n) is 3.89. The van der Waals surface area contributed by atoms with Gasteiger partial charge in [0.05, 0.1) is 5.69 Å². The molecule has 0 spiro atoms. The van der Waals surface area contributed by atoms with E-state index in [1.54, 1.807) is 6.92 Å². The number of rotatable bonds is 2. The molecule has 0 aliphatic rings. The molecule has 0 aliphatic heterocycles. The van der Waals surface area contributed by atoms with Crippen molar-refractivity contribution in [2.24, 2.45) is 0 Å². The number of aromatic nitrogens is 2. The van der Waals surface area contributed by atoms with Crippen molar-refractivity contribution in [3.8, 4) is 0 Å². The Bertz CT molecular complexity index is 395. The van der Waals surface area contributed by atoms with E-state index in [-0.39, 0.29) is 11.3 Å². The highest BCUT2D eigenvalue weighted by Crippen LogP contribution is 2.00. The van der Waals surface area contributed by atoms with Crippen LogP contribution in [0.4, 0.5) is 0 Å². The van der Waals surface area contributed by atoms with Crippen molar-refractivity contribution in [1.82, 2.24) is 10.2 Å². The molecular weight excluding hydrogens is 172 g/mol. The zero-order chi connectivity index (χ0) is 10.0. The van der Waals surface area contributed by atoms with Gasteiger partial charge in [-0.25, -0.2) is 4.79 Å². The van der Waals surface area contributed by atoms with E-state index >= 15 is 0 Å². The third-order valence-electron chi connectivity index (χ3n) is 1.78. The van der Waals surface area contributed by atoms with E-state index in [1.165, 1.54) is 6.92 Å². The molecule has 1 aromatic rings. The number of carbonyl (C=O) groups is 1. The molecule has 70 valence electrons. The molecule has 13 heavy (non-hydrogen) atoms. The maximum Gasteiger partial charge on any atom is 0.341 e. The molecule has 5 heteroatoms. The van der Waals surface area contributed by atoms with Crippen molar-refractivity contribution >= 4 is 5.97 Å². The maximum atomic E-state index is 11.3. The van der Waals surface area contributed by atoms with Crippen molar-refractivity contribution in [3.05, 3.63) is 27.2 Å². The van der Waals surface area contributed by atoms with E-state index in [0.717, 1.165) is 0 Å². The van der Waals surface area contributed by atoms with Gasteiger partial charge in [-0.05, 0) is 13.3 Å². The molecule has 0 fully saturated rings. The molecular formula is C8H10N2O3. The Morgan fingerprint density at radius 2 is 2.23 bits per heavy atom. The van der Waals surface area contributed by atoms with Crippen LogP contribution in [0.5, 0.6) is 0 Å². The number of aryl methyl sites for hydroxylation is 2. The monoisotopic (exact) mass is 182 g/mol. The molecule has 1 rings (SSSR count). The second-order valence-electron chi connectivity index (χ2n) is 2.65. The lowest BCUT2D eigenvalue weighted by Gasteiger charge is -2.02. The van der Waals surface area contributed by atoms with E-state index in [1.807, 2.05) is 0 Å². The summed E-state index contributed by atoms with van der Waals surface area (Å²) in [5, 5.41) is 15.0. The van der Waals surface area contributed by atoms with Crippen molar-refractivity contribution in [2.75, 3.05) is 0 Å². The zero-order valence-corrected chi connectivity index (χ0v) is 7.42. The number of hydrogen-bond acceptors (Lipinski definition) is 3. The molecule has 0 saturated heterocycles. The predicted octanol–water partition coefficient (Wildman–Crippen LogP) is 0.339. The molecule has 0 saturated carbocycles. The van der Waals surface area contributed by atoms with Crippen LogP contribution in [0.25, 0.3) is 0 Å². The Balaban J connectivity index is 3.51. The molecule has 0 bridgehead atoms. The van der Waals surface area contributed by atoms with Crippen LogP contribution >= 0.6 is 0 Å². The summed E-state index contributed by atoms with van der Waals surface area (Å²) < 4.78 is 0. The average molecular weight is 182 g/mol. The highest BCUT2D eigenvalue weighted by molar-refractivity contribution is 5.88. The van der Waals surface area contributed by atoms with Crippen LogP contribution in [0, 0.1) is 6.92 Å². The Labute approximate surface area is 74.4 Å². The quantitative estimate of drug-likeness (QED) is 0.690. The molecule has 1 aromatic heterocycles. The van der Waals surface area contributed by atoms with Gasteiger partial charge in [-0.15, -0.1) is 0 Å². The van der Waals surface area contributed by atoms with Gasteiger partial charge in [0.15, 0.2) is 0 Å². The van der Waals surface area contributed by atoms with E-state index in [9.17, 15) is 9.59 Å². The zero-order valence-electron chi connectivity index (χ0n) is 7.42. The van der Waals surface area contributed by atoms with Gasteiger partial charge in [0.2, 0.25) is 5.43 Å². The number of hydrogen-bond donors (Lipinski definition) is 2. The number of carboxylic acids is 1. The molecule has 2 N–H and O–H groups in total. The maximum absolute atomic E-state index is 11.3. The SMILES string of the molecule is CCc1[nH]nc(C)c(=O)c1C(=O)O. The van der Waals surface area contributed by atoms with Gasteiger partial charge in [0, 0.05) is 0 Å². The van der Waals surface area contributed by atoms with Gasteiger partial charge in [-0.1, -0.05) is 6.92 Å². The second kappa shape index (κ2) is 3.38. The summed E-state index contributed by atoms with van der Waals surface area (Å²) in [5.74, 6) is -1.20. The van der Waals surface area contributed by atoms with Crippen molar-refractivity contribution < 1.29 is 9.90 Å². The second-order valence-corrected chi connectivity index (χ2v) is 2.65. The number of aromatic amines is 1. The first kappa shape index (κ1) is 9.44. The van der Waals surface area contributed by atoms with Gasteiger partial charge < -0.3 is 5.11 Å². The van der Waals surface area contributed by atoms with Gasteiger partial charge in [-0.3, -0.25) is 9.89 Å². The summed E-state index contributed by atoms with van der Waals surface area (Å²) in [7, 11) is 0. The highest BCUT2D eigenvalue weighted by Gasteiger charge is 2.15. The van der Waals surface area contributed by atoms with Gasteiger partial charge in [0.25, 0.3) is 0 Å². The third kappa shape index (κ3) is 1.58. The fourth-order valence-corrected chi connectivity index (χ4v) is 1.06. The normalized spacial score (nSPS) is 10.0. The lowest BCUT2D eigenvalue weighted by atomic mass is 10.1. The largest absolute Gasteiger partial charge is 0.477 e. The average Bonchev–Trinajstić information content (AvgIpc) is 2.08. The summed E-state index contributed by atoms with van der Waals surface area (Å²) in [6.45, 7) is 3.24. The minimum Gasteiger partial charge on any atom is -0.477 e. The lowest BCUT2D eigenvalue weighted by Crippen LogP contribution is -2.22. The first-order valence-corrected chi connectivity index (χ1v) is 3.89. The van der Waals surface area contributed by atoms with E-state index in [4.69, 9.17) is 5.11 Å². The molecule has 0 atom stereocenters. The van der Waals surface area contributed by atoms with Gasteiger partial charge in [-0.2, -0.15) is 5.10 Å². The summed E-state index contributed by atoms with van der Waals surface area (Å²) >= 11 is 0. The first-order chi connectivity index (χ1) is 6.07. The molecule has 0 radical (unpaired) electrons. The van der Waals surface area contributed by atoms with E-state index in [0.29, 0.717) is 12.1 Å². The molecule has 0 amide bonds. The number of nitrogens with one attached hydrogen (secondary N) is 1. The van der Waals surface area contributed by atoms with Crippen LogP contribution in [-0.2, 0) is 6.42 Å². The number of nitrogens with zero attached hydrogens (tertiary/aromatic N) is 1. The Hall–Kier alpha value is -1.65. The minimum absolute atomic E-state index is 0.176. The highest BCUT2D eigenvalue weighted by atomic mass is 16.4. The number of H-pyrrole nitrogens is 1. The Kier molecular flexibility index (Phi) is 2.46. The van der Waals surface area contributed by atoms with Crippen LogP contribution in [0.3, 0.4) is 0 Å². The van der Waals surface area contributed by atoms with E-state index in [2.05, 4.69) is 10.2 Å². The number of carboxylic acid groups (broad SMARTS) is 1. The van der Waals surface area contributed by atoms with Crippen molar-refractivity contribution in [2.45, 2.75) is 20.3 Å². The van der Waals surface area contributed by atoms with Crippen LogP contribution in [-0.4, -0.2) is 21.3 Å². The Morgan fingerprint density at radius 1 is 1.62 bits per heavy atom. The molecule has 0 unspecified atom stereocenters. The fraction of sp³-hybridized carbons (Fsp3) is 0.375. The topological polar surface area (TPSA) is 83.0 Å². The smallest absolute Gasteiger partial charge is 0.341 e. The number of aromatic carboxylic acids is 1. The van der Waals surface area contributed by atoms with E-state index < -0.39 is 11.4 Å². The molecule has 0 aliphatic carbocycles. The van der Waals surface area contributed by atoms with Crippen LogP contribution in [0.1, 0.15) is 28.7 Å². The fourth-order valence-electron chi connectivity index (χ4n) is 1.06. The summed E-state index contributed by atoms with van der Waals surface area (Å²) in [6.07, 6.45) is 0.449. The predicted molar refractivity (Wildman–Crippen MR) is 45.9 cm³/mol. The van der Waals surface area contributed by atoms with Gasteiger partial charge >= 0.3 is 5.97 Å². The summed E-state index contributed by atoms with van der Waals surface area (Å²) in [6, 6.07) is 0. The van der Waals surface area contributed by atoms with Gasteiger partial charge in [0.1, 0.15) is 11.3 Å². The Morgan fingerprint density at radius 3 is 2.69 bits per heavy atom. The van der Waals surface area contributed by atoms with Crippen molar-refractivity contribution in [3.63, 3.8) is 0 Å². The minimum atomic E-state index is -1.20. The standard InChI is InChI=1S/C8H10N2O3/c1-3-5-6(8(12)13)7(11)4(2)9-10-5/h3H2,1-2H3,(H,10,11)(H,12,13). The molecule has 5 nitrogen and oxygen atoms in total. The van der Waals surface area contributed by atoms with Crippen LogP contribution in [0.2, 0.25) is 0 Å². The van der Waals surface area contributed by atoms with Crippen LogP contribution < -0.4 is 5.43 Å².